The second-order valence-electron chi connectivity index (χ2n) is 3.75. The Morgan fingerprint density at radius 3 is 2.72 bits per heavy atom. The van der Waals surface area contributed by atoms with E-state index in [0.29, 0.717) is 24.4 Å². The van der Waals surface area contributed by atoms with Gasteiger partial charge in [0.2, 0.25) is 5.91 Å². The molecule has 0 spiro atoms. The van der Waals surface area contributed by atoms with Gasteiger partial charge < -0.3 is 15.4 Å². The first-order valence-corrected chi connectivity index (χ1v) is 6.01. The Morgan fingerprint density at radius 1 is 1.28 bits per heavy atom. The fraction of sp³-hybridized carbons (Fsp3) is 0.385. The smallest absolute Gasteiger partial charge is 0.410 e. The molecule has 2 amide bonds. The summed E-state index contributed by atoms with van der Waals surface area (Å²) in [4.78, 5) is 22.6. The van der Waals surface area contributed by atoms with Crippen LogP contribution in [-0.4, -0.2) is 18.5 Å². The Bertz CT molecular complexity index is 418. The van der Waals surface area contributed by atoms with Crippen molar-refractivity contribution < 1.29 is 14.3 Å². The fourth-order valence-corrected chi connectivity index (χ4v) is 1.26. The van der Waals surface area contributed by atoms with Gasteiger partial charge in [0, 0.05) is 24.7 Å². The number of carbonyl (C=O) groups is 2. The first-order valence-electron chi connectivity index (χ1n) is 6.01. The highest BCUT2D eigenvalue weighted by Gasteiger charge is 2.05. The van der Waals surface area contributed by atoms with Gasteiger partial charge >= 0.3 is 6.09 Å². The normalized spacial score (nSPS) is 9.67. The topological polar surface area (TPSA) is 67.4 Å². The monoisotopic (exact) mass is 250 g/mol. The maximum Gasteiger partial charge on any atom is 0.412 e. The van der Waals surface area contributed by atoms with Gasteiger partial charge in [0.25, 0.3) is 0 Å². The largest absolute Gasteiger partial charge is 0.412 e. The van der Waals surface area contributed by atoms with Crippen LogP contribution in [0.3, 0.4) is 0 Å². The number of amides is 2. The lowest BCUT2D eigenvalue weighted by molar-refractivity contribution is -0.115. The van der Waals surface area contributed by atoms with Crippen molar-refractivity contribution in [2.24, 2.45) is 0 Å². The van der Waals surface area contributed by atoms with Gasteiger partial charge in [-0.25, -0.2) is 4.79 Å². The Morgan fingerprint density at radius 2 is 2.06 bits per heavy atom. The number of benzene rings is 1. The lowest BCUT2D eigenvalue weighted by Crippen LogP contribution is -2.27. The van der Waals surface area contributed by atoms with Crippen molar-refractivity contribution in [1.82, 2.24) is 5.32 Å². The molecule has 98 valence electrons. The molecule has 1 rings (SSSR count). The Hall–Kier alpha value is -2.04. The predicted octanol–water partition coefficient (Wildman–Crippen LogP) is 2.53. The number of hydrogen-bond donors (Lipinski definition) is 2. The summed E-state index contributed by atoms with van der Waals surface area (Å²) in [5, 5.41) is 5.30. The van der Waals surface area contributed by atoms with E-state index in [1.54, 1.807) is 31.2 Å². The summed E-state index contributed by atoms with van der Waals surface area (Å²) in [6.45, 7) is 4.31. The summed E-state index contributed by atoms with van der Waals surface area (Å²) >= 11 is 0. The number of nitrogens with one attached hydrogen (secondary N) is 2. The van der Waals surface area contributed by atoms with Crippen molar-refractivity contribution in [3.63, 3.8) is 0 Å². The highest BCUT2D eigenvalue weighted by atomic mass is 16.6. The van der Waals surface area contributed by atoms with Crippen LogP contribution in [0.2, 0.25) is 0 Å². The van der Waals surface area contributed by atoms with Crippen LogP contribution in [0.15, 0.2) is 24.3 Å². The van der Waals surface area contributed by atoms with Crippen molar-refractivity contribution in [3.8, 4) is 5.75 Å². The molecule has 1 aromatic rings. The minimum absolute atomic E-state index is 0.0809. The zero-order chi connectivity index (χ0) is 13.4. The van der Waals surface area contributed by atoms with Gasteiger partial charge in [-0.2, -0.15) is 0 Å². The minimum Gasteiger partial charge on any atom is -0.410 e. The lowest BCUT2D eigenvalue weighted by atomic mass is 10.3. The van der Waals surface area contributed by atoms with E-state index >= 15 is 0 Å². The third-order valence-electron chi connectivity index (χ3n) is 2.17. The molecule has 0 fully saturated rings. The third-order valence-corrected chi connectivity index (χ3v) is 2.17. The van der Waals surface area contributed by atoms with Gasteiger partial charge in [-0.3, -0.25) is 4.79 Å². The molecule has 18 heavy (non-hydrogen) atoms. The Labute approximate surface area is 107 Å². The van der Waals surface area contributed by atoms with Crippen LogP contribution in [0.4, 0.5) is 10.5 Å². The molecule has 0 aliphatic carbocycles. The molecule has 5 nitrogen and oxygen atoms in total. The molecule has 0 saturated carbocycles. The molecule has 0 saturated heterocycles. The van der Waals surface area contributed by atoms with E-state index in [0.717, 1.165) is 6.42 Å². The van der Waals surface area contributed by atoms with Crippen molar-refractivity contribution >= 4 is 17.7 Å². The van der Waals surface area contributed by atoms with Crippen molar-refractivity contribution in [2.75, 3.05) is 11.9 Å². The second-order valence-corrected chi connectivity index (χ2v) is 3.75. The number of carbonyl (C=O) groups excluding carboxylic acids is 2. The summed E-state index contributed by atoms with van der Waals surface area (Å²) in [5.41, 5.74) is 0.614. The number of ether oxygens (including phenoxy) is 1. The third kappa shape index (κ3) is 4.86. The maximum atomic E-state index is 11.3. The average molecular weight is 250 g/mol. The highest BCUT2D eigenvalue weighted by molar-refractivity contribution is 5.90. The van der Waals surface area contributed by atoms with E-state index in [2.05, 4.69) is 10.6 Å². The van der Waals surface area contributed by atoms with Crippen LogP contribution < -0.4 is 15.4 Å². The molecule has 0 aromatic heterocycles. The van der Waals surface area contributed by atoms with Gasteiger partial charge in [0.1, 0.15) is 5.75 Å². The fourth-order valence-electron chi connectivity index (χ4n) is 1.26. The maximum absolute atomic E-state index is 11.3. The van der Waals surface area contributed by atoms with Crippen molar-refractivity contribution in [3.05, 3.63) is 24.3 Å². The number of hydrogen-bond acceptors (Lipinski definition) is 3. The lowest BCUT2D eigenvalue weighted by Gasteiger charge is -2.08. The average Bonchev–Trinajstić information content (AvgIpc) is 2.36. The molecule has 0 unspecified atom stereocenters. The zero-order valence-electron chi connectivity index (χ0n) is 10.7. The van der Waals surface area contributed by atoms with Gasteiger partial charge in [-0.05, 0) is 18.6 Å². The van der Waals surface area contributed by atoms with Crippen LogP contribution >= 0.6 is 0 Å². The summed E-state index contributed by atoms with van der Waals surface area (Å²) in [7, 11) is 0. The quantitative estimate of drug-likeness (QED) is 0.843. The van der Waals surface area contributed by atoms with E-state index in [1.807, 2.05) is 6.92 Å². The standard InChI is InChI=1S/C13H18N2O3/c1-3-8-14-13(17)18-11-7-5-6-10(9-11)15-12(16)4-2/h5-7,9H,3-4,8H2,1-2H3,(H,14,17)(H,15,16). The zero-order valence-corrected chi connectivity index (χ0v) is 10.7. The predicted molar refractivity (Wildman–Crippen MR) is 69.7 cm³/mol. The molecule has 5 heteroatoms. The molecular weight excluding hydrogens is 232 g/mol. The van der Waals surface area contributed by atoms with Gasteiger partial charge in [-0.15, -0.1) is 0 Å². The van der Waals surface area contributed by atoms with Crippen LogP contribution in [0.5, 0.6) is 5.75 Å². The van der Waals surface area contributed by atoms with E-state index in [9.17, 15) is 9.59 Å². The minimum atomic E-state index is -0.490. The summed E-state index contributed by atoms with van der Waals surface area (Å²) < 4.78 is 5.07. The number of rotatable bonds is 5. The summed E-state index contributed by atoms with van der Waals surface area (Å²) in [5.74, 6) is 0.320. The van der Waals surface area contributed by atoms with Crippen LogP contribution in [0.25, 0.3) is 0 Å². The van der Waals surface area contributed by atoms with E-state index < -0.39 is 6.09 Å². The molecule has 0 radical (unpaired) electrons. The number of anilines is 1. The SMILES string of the molecule is CCCNC(=O)Oc1cccc(NC(=O)CC)c1. The molecular formula is C13H18N2O3. The Balaban J connectivity index is 2.59. The van der Waals surface area contributed by atoms with E-state index in [4.69, 9.17) is 4.74 Å². The van der Waals surface area contributed by atoms with Crippen molar-refractivity contribution in [2.45, 2.75) is 26.7 Å². The van der Waals surface area contributed by atoms with Gasteiger partial charge in [-0.1, -0.05) is 19.9 Å². The van der Waals surface area contributed by atoms with Crippen LogP contribution in [0, 0.1) is 0 Å². The molecule has 0 aliphatic rings. The molecule has 0 atom stereocenters. The Kier molecular flexibility index (Phi) is 5.70. The summed E-state index contributed by atoms with van der Waals surface area (Å²) in [6, 6.07) is 6.73. The molecule has 1 aromatic carbocycles. The first-order chi connectivity index (χ1) is 8.65. The van der Waals surface area contributed by atoms with Gasteiger partial charge in [0.05, 0.1) is 0 Å². The second kappa shape index (κ2) is 7.32. The van der Waals surface area contributed by atoms with Crippen molar-refractivity contribution in [1.29, 1.82) is 0 Å². The van der Waals surface area contributed by atoms with Gasteiger partial charge in [0.15, 0.2) is 0 Å². The van der Waals surface area contributed by atoms with E-state index in [1.165, 1.54) is 0 Å². The molecule has 2 N–H and O–H groups in total. The van der Waals surface area contributed by atoms with Crippen LogP contribution in [-0.2, 0) is 4.79 Å². The molecule has 0 heterocycles. The first kappa shape index (κ1) is 14.0. The van der Waals surface area contributed by atoms with E-state index in [-0.39, 0.29) is 5.91 Å². The highest BCUT2D eigenvalue weighted by Crippen LogP contribution is 2.17. The molecule has 0 bridgehead atoms. The molecule has 0 aliphatic heterocycles. The van der Waals surface area contributed by atoms with Crippen LogP contribution in [0.1, 0.15) is 26.7 Å². The summed E-state index contributed by atoms with van der Waals surface area (Å²) in [6.07, 6.45) is 0.764.